The molecule has 104 valence electrons. The SMILES string of the molecule is CC(C(=O)N(C)c1ccccc1F)N1CCNCC1. The van der Waals surface area contributed by atoms with E-state index in [-0.39, 0.29) is 17.8 Å². The Balaban J connectivity index is 2.08. The third-order valence-corrected chi connectivity index (χ3v) is 3.60. The van der Waals surface area contributed by atoms with Crippen molar-refractivity contribution in [3.63, 3.8) is 0 Å². The van der Waals surface area contributed by atoms with Crippen molar-refractivity contribution in [3.05, 3.63) is 30.1 Å². The van der Waals surface area contributed by atoms with Crippen LogP contribution in [0, 0.1) is 5.82 Å². The Morgan fingerprint density at radius 1 is 1.37 bits per heavy atom. The zero-order chi connectivity index (χ0) is 13.8. The van der Waals surface area contributed by atoms with Crippen LogP contribution in [0.25, 0.3) is 0 Å². The highest BCUT2D eigenvalue weighted by Crippen LogP contribution is 2.18. The van der Waals surface area contributed by atoms with Gasteiger partial charge in [-0.1, -0.05) is 12.1 Å². The van der Waals surface area contributed by atoms with Gasteiger partial charge in [-0.2, -0.15) is 0 Å². The molecule has 0 aromatic heterocycles. The van der Waals surface area contributed by atoms with E-state index in [2.05, 4.69) is 10.2 Å². The molecular formula is C14H20FN3O. The second kappa shape index (κ2) is 6.12. The van der Waals surface area contributed by atoms with Crippen molar-refractivity contribution in [1.82, 2.24) is 10.2 Å². The highest BCUT2D eigenvalue weighted by atomic mass is 19.1. The van der Waals surface area contributed by atoms with Crippen LogP contribution in [0.15, 0.2) is 24.3 Å². The minimum absolute atomic E-state index is 0.0769. The lowest BCUT2D eigenvalue weighted by Gasteiger charge is -2.34. The fraction of sp³-hybridized carbons (Fsp3) is 0.500. The van der Waals surface area contributed by atoms with E-state index in [4.69, 9.17) is 0 Å². The molecule has 1 aliphatic rings. The van der Waals surface area contributed by atoms with E-state index >= 15 is 0 Å². The summed E-state index contributed by atoms with van der Waals surface area (Å²) in [5, 5.41) is 3.25. The summed E-state index contributed by atoms with van der Waals surface area (Å²) in [5.74, 6) is -0.446. The number of carbonyl (C=O) groups excluding carboxylic acids is 1. The van der Waals surface area contributed by atoms with Gasteiger partial charge in [0.25, 0.3) is 0 Å². The Kier molecular flexibility index (Phi) is 4.50. The first-order valence-electron chi connectivity index (χ1n) is 6.58. The number of rotatable bonds is 3. The highest BCUT2D eigenvalue weighted by Gasteiger charge is 2.26. The molecule has 0 bridgehead atoms. The van der Waals surface area contributed by atoms with Gasteiger partial charge >= 0.3 is 0 Å². The Bertz CT molecular complexity index is 446. The lowest BCUT2D eigenvalue weighted by atomic mass is 10.2. The van der Waals surface area contributed by atoms with E-state index in [1.165, 1.54) is 11.0 Å². The van der Waals surface area contributed by atoms with Gasteiger partial charge in [0, 0.05) is 33.2 Å². The van der Waals surface area contributed by atoms with E-state index < -0.39 is 0 Å². The minimum atomic E-state index is -0.370. The van der Waals surface area contributed by atoms with Crippen LogP contribution in [0.3, 0.4) is 0 Å². The van der Waals surface area contributed by atoms with Crippen LogP contribution < -0.4 is 10.2 Å². The van der Waals surface area contributed by atoms with Crippen molar-refractivity contribution in [1.29, 1.82) is 0 Å². The van der Waals surface area contributed by atoms with E-state index in [0.29, 0.717) is 5.69 Å². The first kappa shape index (κ1) is 14.0. The molecule has 1 amide bonds. The molecule has 0 saturated carbocycles. The van der Waals surface area contributed by atoms with E-state index in [1.807, 2.05) is 6.92 Å². The van der Waals surface area contributed by atoms with Gasteiger partial charge in [-0.25, -0.2) is 4.39 Å². The number of para-hydroxylation sites is 1. The fourth-order valence-corrected chi connectivity index (χ4v) is 2.35. The smallest absolute Gasteiger partial charge is 0.243 e. The van der Waals surface area contributed by atoms with Crippen molar-refractivity contribution in [2.75, 3.05) is 38.1 Å². The molecule has 1 N–H and O–H groups in total. The number of carbonyl (C=O) groups is 1. The van der Waals surface area contributed by atoms with Crippen molar-refractivity contribution >= 4 is 11.6 Å². The average Bonchev–Trinajstić information content (AvgIpc) is 2.46. The molecule has 1 atom stereocenters. The topological polar surface area (TPSA) is 35.6 Å². The number of likely N-dealkylation sites (N-methyl/N-ethyl adjacent to an activating group) is 1. The van der Waals surface area contributed by atoms with Gasteiger partial charge in [0.15, 0.2) is 0 Å². The number of amides is 1. The predicted molar refractivity (Wildman–Crippen MR) is 73.7 cm³/mol. The molecule has 2 rings (SSSR count). The molecule has 1 aliphatic heterocycles. The number of piperazine rings is 1. The number of hydrogen-bond donors (Lipinski definition) is 1. The molecule has 1 saturated heterocycles. The number of anilines is 1. The summed E-state index contributed by atoms with van der Waals surface area (Å²) < 4.78 is 13.7. The molecular weight excluding hydrogens is 245 g/mol. The molecule has 4 nitrogen and oxygen atoms in total. The van der Waals surface area contributed by atoms with Gasteiger partial charge in [-0.15, -0.1) is 0 Å². The minimum Gasteiger partial charge on any atom is -0.314 e. The van der Waals surface area contributed by atoms with Gasteiger partial charge in [-0.05, 0) is 19.1 Å². The zero-order valence-corrected chi connectivity index (χ0v) is 11.4. The normalized spacial score (nSPS) is 18.1. The summed E-state index contributed by atoms with van der Waals surface area (Å²) in [5.41, 5.74) is 0.328. The van der Waals surface area contributed by atoms with Crippen LogP contribution in [0.1, 0.15) is 6.92 Å². The van der Waals surface area contributed by atoms with Crippen LogP contribution in [0.2, 0.25) is 0 Å². The van der Waals surface area contributed by atoms with Crippen LogP contribution in [-0.4, -0.2) is 50.1 Å². The van der Waals surface area contributed by atoms with Crippen LogP contribution in [0.4, 0.5) is 10.1 Å². The van der Waals surface area contributed by atoms with Crippen LogP contribution >= 0.6 is 0 Å². The summed E-state index contributed by atoms with van der Waals surface area (Å²) in [7, 11) is 1.62. The third-order valence-electron chi connectivity index (χ3n) is 3.60. The van der Waals surface area contributed by atoms with Crippen molar-refractivity contribution in [3.8, 4) is 0 Å². The highest BCUT2D eigenvalue weighted by molar-refractivity contribution is 5.96. The summed E-state index contributed by atoms with van der Waals surface area (Å²) in [6, 6.07) is 6.12. The van der Waals surface area contributed by atoms with Gasteiger partial charge in [0.1, 0.15) is 5.82 Å². The number of halogens is 1. The molecule has 0 aliphatic carbocycles. The van der Waals surface area contributed by atoms with Crippen molar-refractivity contribution in [2.45, 2.75) is 13.0 Å². The number of nitrogens with one attached hydrogen (secondary N) is 1. The molecule has 5 heteroatoms. The molecule has 19 heavy (non-hydrogen) atoms. The summed E-state index contributed by atoms with van der Waals surface area (Å²) >= 11 is 0. The average molecular weight is 265 g/mol. The summed E-state index contributed by atoms with van der Waals surface area (Å²) in [4.78, 5) is 15.9. The molecule has 1 unspecified atom stereocenters. The monoisotopic (exact) mass is 265 g/mol. The number of hydrogen-bond acceptors (Lipinski definition) is 3. The third kappa shape index (κ3) is 3.11. The second-order valence-corrected chi connectivity index (χ2v) is 4.81. The summed E-state index contributed by atoms with van der Waals surface area (Å²) in [6.07, 6.45) is 0. The second-order valence-electron chi connectivity index (χ2n) is 4.81. The Labute approximate surface area is 113 Å². The Morgan fingerprint density at radius 3 is 2.63 bits per heavy atom. The molecule has 1 heterocycles. The lowest BCUT2D eigenvalue weighted by molar-refractivity contribution is -0.123. The van der Waals surface area contributed by atoms with E-state index in [9.17, 15) is 9.18 Å². The molecule has 1 aromatic rings. The predicted octanol–water partition coefficient (Wildman–Crippen LogP) is 1.08. The maximum absolute atomic E-state index is 13.7. The van der Waals surface area contributed by atoms with Crippen molar-refractivity contribution in [2.24, 2.45) is 0 Å². The fourth-order valence-electron chi connectivity index (χ4n) is 2.35. The van der Waals surface area contributed by atoms with Crippen LogP contribution in [-0.2, 0) is 4.79 Å². The number of benzene rings is 1. The largest absolute Gasteiger partial charge is 0.314 e. The Morgan fingerprint density at radius 2 is 2.00 bits per heavy atom. The van der Waals surface area contributed by atoms with Crippen LogP contribution in [0.5, 0.6) is 0 Å². The Hall–Kier alpha value is -1.46. The van der Waals surface area contributed by atoms with Gasteiger partial charge < -0.3 is 10.2 Å². The molecule has 0 radical (unpaired) electrons. The summed E-state index contributed by atoms with van der Waals surface area (Å²) in [6.45, 7) is 5.35. The lowest BCUT2D eigenvalue weighted by Crippen LogP contribution is -2.53. The van der Waals surface area contributed by atoms with Gasteiger partial charge in [0.2, 0.25) is 5.91 Å². The molecule has 1 fully saturated rings. The standard InChI is InChI=1S/C14H20FN3O/c1-11(18-9-7-16-8-10-18)14(19)17(2)13-6-4-3-5-12(13)15/h3-6,11,16H,7-10H2,1-2H3. The van der Waals surface area contributed by atoms with Crippen molar-refractivity contribution < 1.29 is 9.18 Å². The van der Waals surface area contributed by atoms with Gasteiger partial charge in [0.05, 0.1) is 11.7 Å². The first-order chi connectivity index (χ1) is 9.11. The van der Waals surface area contributed by atoms with Gasteiger partial charge in [-0.3, -0.25) is 9.69 Å². The number of nitrogens with zero attached hydrogens (tertiary/aromatic N) is 2. The molecule has 0 spiro atoms. The first-order valence-corrected chi connectivity index (χ1v) is 6.58. The van der Waals surface area contributed by atoms with E-state index in [1.54, 1.807) is 25.2 Å². The maximum Gasteiger partial charge on any atom is 0.243 e. The van der Waals surface area contributed by atoms with E-state index in [0.717, 1.165) is 26.2 Å². The quantitative estimate of drug-likeness (QED) is 0.888. The zero-order valence-electron chi connectivity index (χ0n) is 11.4. The maximum atomic E-state index is 13.7. The molecule has 1 aromatic carbocycles.